The largest absolute Gasteiger partial charge is 0.312 e. The van der Waals surface area contributed by atoms with Gasteiger partial charge in [-0.3, -0.25) is 0 Å². The Labute approximate surface area is 124 Å². The summed E-state index contributed by atoms with van der Waals surface area (Å²) in [6.07, 6.45) is 0. The molecule has 0 aliphatic heterocycles. The van der Waals surface area contributed by atoms with Crippen LogP contribution in [0.3, 0.4) is 0 Å². The predicted octanol–water partition coefficient (Wildman–Crippen LogP) is 4.72. The second kappa shape index (κ2) is 5.94. The fourth-order valence-corrected chi connectivity index (χ4v) is 2.77. The fraction of sp³-hybridized carbons (Fsp3) is 0.294. The first kappa shape index (κ1) is 15.0. The second-order valence-electron chi connectivity index (χ2n) is 5.50. The normalized spacial score (nSPS) is 13.2. The molecule has 0 saturated carbocycles. The van der Waals surface area contributed by atoms with Gasteiger partial charge in [0.1, 0.15) is 5.82 Å². The van der Waals surface area contributed by atoms with E-state index in [2.05, 4.69) is 19.2 Å². The summed E-state index contributed by atoms with van der Waals surface area (Å²) in [6, 6.07) is 14.6. The van der Waals surface area contributed by atoms with Crippen LogP contribution in [0.5, 0.6) is 0 Å². The third-order valence-electron chi connectivity index (χ3n) is 3.80. The molecule has 2 rings (SSSR count). The Kier molecular flexibility index (Phi) is 4.46. The lowest BCUT2D eigenvalue weighted by molar-refractivity contribution is 0.368. The summed E-state index contributed by atoms with van der Waals surface area (Å²) >= 11 is 5.95. The Morgan fingerprint density at radius 3 is 2.05 bits per heavy atom. The molecule has 1 N–H and O–H groups in total. The molecule has 0 aliphatic rings. The number of likely N-dealkylation sites (N-methyl/N-ethyl adjacent to an activating group) is 1. The van der Waals surface area contributed by atoms with Crippen LogP contribution in [0.25, 0.3) is 0 Å². The van der Waals surface area contributed by atoms with Gasteiger partial charge >= 0.3 is 0 Å². The standard InChI is InChI=1S/C17H19ClFN/c1-17(2,13-6-10-15(19)11-7-13)16(20-3)12-4-8-14(18)9-5-12/h4-11,16,20H,1-3H3. The minimum atomic E-state index is -0.211. The van der Waals surface area contributed by atoms with E-state index in [0.717, 1.165) is 16.1 Å². The van der Waals surface area contributed by atoms with Crippen molar-refractivity contribution in [1.82, 2.24) is 5.32 Å². The minimum absolute atomic E-state index is 0.116. The fourth-order valence-electron chi connectivity index (χ4n) is 2.65. The maximum absolute atomic E-state index is 13.1. The van der Waals surface area contributed by atoms with E-state index in [1.807, 2.05) is 43.4 Å². The maximum Gasteiger partial charge on any atom is 0.123 e. The first-order valence-electron chi connectivity index (χ1n) is 6.64. The number of benzene rings is 2. The van der Waals surface area contributed by atoms with Crippen molar-refractivity contribution in [3.63, 3.8) is 0 Å². The molecule has 0 radical (unpaired) electrons. The van der Waals surface area contributed by atoms with Crippen molar-refractivity contribution in [2.24, 2.45) is 0 Å². The Morgan fingerprint density at radius 2 is 1.55 bits per heavy atom. The van der Waals surface area contributed by atoms with Crippen LogP contribution in [0.4, 0.5) is 4.39 Å². The third kappa shape index (κ3) is 3.02. The molecule has 0 amide bonds. The van der Waals surface area contributed by atoms with Gasteiger partial charge in [0, 0.05) is 16.5 Å². The number of nitrogens with one attached hydrogen (secondary N) is 1. The lowest BCUT2D eigenvalue weighted by Crippen LogP contribution is -2.35. The summed E-state index contributed by atoms with van der Waals surface area (Å²) < 4.78 is 13.1. The lowest BCUT2D eigenvalue weighted by Gasteiger charge is -2.35. The van der Waals surface area contributed by atoms with E-state index in [4.69, 9.17) is 11.6 Å². The van der Waals surface area contributed by atoms with Crippen LogP contribution in [0.1, 0.15) is 31.0 Å². The van der Waals surface area contributed by atoms with Gasteiger partial charge in [0.2, 0.25) is 0 Å². The van der Waals surface area contributed by atoms with Crippen molar-refractivity contribution in [1.29, 1.82) is 0 Å². The summed E-state index contributed by atoms with van der Waals surface area (Å²) in [6.45, 7) is 4.30. The van der Waals surface area contributed by atoms with Crippen LogP contribution in [-0.4, -0.2) is 7.05 Å². The lowest BCUT2D eigenvalue weighted by atomic mass is 9.75. The third-order valence-corrected chi connectivity index (χ3v) is 4.05. The number of rotatable bonds is 4. The molecule has 2 aromatic rings. The van der Waals surface area contributed by atoms with E-state index in [9.17, 15) is 4.39 Å². The van der Waals surface area contributed by atoms with Crippen molar-refractivity contribution in [3.05, 3.63) is 70.5 Å². The molecule has 1 nitrogen and oxygen atoms in total. The van der Waals surface area contributed by atoms with Gasteiger partial charge in [-0.25, -0.2) is 4.39 Å². The molecule has 1 unspecified atom stereocenters. The average molecular weight is 292 g/mol. The molecule has 0 spiro atoms. The second-order valence-corrected chi connectivity index (χ2v) is 5.94. The van der Waals surface area contributed by atoms with E-state index < -0.39 is 0 Å². The Morgan fingerprint density at radius 1 is 1.00 bits per heavy atom. The van der Waals surface area contributed by atoms with Gasteiger partial charge < -0.3 is 5.32 Å². The molecule has 0 heterocycles. The molecule has 0 saturated heterocycles. The molecular weight excluding hydrogens is 273 g/mol. The average Bonchev–Trinajstić information content (AvgIpc) is 2.42. The van der Waals surface area contributed by atoms with Crippen molar-refractivity contribution < 1.29 is 4.39 Å². The molecule has 0 aromatic heterocycles. The van der Waals surface area contributed by atoms with E-state index in [1.165, 1.54) is 12.1 Å². The Hall–Kier alpha value is -1.38. The van der Waals surface area contributed by atoms with Gasteiger partial charge in [-0.2, -0.15) is 0 Å². The van der Waals surface area contributed by atoms with Gasteiger partial charge in [-0.05, 0) is 42.4 Å². The zero-order chi connectivity index (χ0) is 14.8. The summed E-state index contributed by atoms with van der Waals surface area (Å²) in [5.74, 6) is -0.211. The maximum atomic E-state index is 13.1. The van der Waals surface area contributed by atoms with E-state index in [1.54, 1.807) is 0 Å². The van der Waals surface area contributed by atoms with Crippen LogP contribution < -0.4 is 5.32 Å². The van der Waals surface area contributed by atoms with Gasteiger partial charge in [0.25, 0.3) is 0 Å². The molecule has 20 heavy (non-hydrogen) atoms. The van der Waals surface area contributed by atoms with Crippen molar-refractivity contribution >= 4 is 11.6 Å². The van der Waals surface area contributed by atoms with Crippen LogP contribution in [0, 0.1) is 5.82 Å². The van der Waals surface area contributed by atoms with E-state index >= 15 is 0 Å². The molecule has 1 atom stereocenters. The van der Waals surface area contributed by atoms with Gasteiger partial charge in [0.15, 0.2) is 0 Å². The molecule has 3 heteroatoms. The van der Waals surface area contributed by atoms with Gasteiger partial charge in [-0.1, -0.05) is 49.7 Å². The highest BCUT2D eigenvalue weighted by Gasteiger charge is 2.31. The Bertz CT molecular complexity index is 561. The Balaban J connectivity index is 2.38. The summed E-state index contributed by atoms with van der Waals surface area (Å²) in [4.78, 5) is 0. The van der Waals surface area contributed by atoms with E-state index in [0.29, 0.717) is 0 Å². The molecule has 106 valence electrons. The number of hydrogen-bond donors (Lipinski definition) is 1. The summed E-state index contributed by atoms with van der Waals surface area (Å²) in [5.41, 5.74) is 2.08. The van der Waals surface area contributed by atoms with Crippen LogP contribution >= 0.6 is 11.6 Å². The first-order chi connectivity index (χ1) is 9.45. The smallest absolute Gasteiger partial charge is 0.123 e. The van der Waals surface area contributed by atoms with Crippen molar-refractivity contribution in [2.45, 2.75) is 25.3 Å². The number of hydrogen-bond acceptors (Lipinski definition) is 1. The molecule has 0 bridgehead atoms. The highest BCUT2D eigenvalue weighted by atomic mass is 35.5. The molecule has 2 aromatic carbocycles. The predicted molar refractivity (Wildman–Crippen MR) is 82.7 cm³/mol. The van der Waals surface area contributed by atoms with Gasteiger partial charge in [-0.15, -0.1) is 0 Å². The SMILES string of the molecule is CNC(c1ccc(Cl)cc1)C(C)(C)c1ccc(F)cc1. The van der Waals surface area contributed by atoms with Crippen molar-refractivity contribution in [2.75, 3.05) is 7.05 Å². The quantitative estimate of drug-likeness (QED) is 0.859. The first-order valence-corrected chi connectivity index (χ1v) is 7.01. The molecule has 0 fully saturated rings. The molecule has 0 aliphatic carbocycles. The monoisotopic (exact) mass is 291 g/mol. The highest BCUT2D eigenvalue weighted by molar-refractivity contribution is 6.30. The zero-order valence-electron chi connectivity index (χ0n) is 12.0. The van der Waals surface area contributed by atoms with E-state index in [-0.39, 0.29) is 17.3 Å². The minimum Gasteiger partial charge on any atom is -0.312 e. The highest BCUT2D eigenvalue weighted by Crippen LogP contribution is 2.37. The van der Waals surface area contributed by atoms with Crippen LogP contribution in [0.15, 0.2) is 48.5 Å². The summed E-state index contributed by atoms with van der Waals surface area (Å²) in [7, 11) is 1.94. The number of halogens is 2. The van der Waals surface area contributed by atoms with Crippen molar-refractivity contribution in [3.8, 4) is 0 Å². The topological polar surface area (TPSA) is 12.0 Å². The summed E-state index contributed by atoms with van der Waals surface area (Å²) in [5, 5.41) is 4.08. The van der Waals surface area contributed by atoms with Crippen LogP contribution in [-0.2, 0) is 5.41 Å². The van der Waals surface area contributed by atoms with Gasteiger partial charge in [0.05, 0.1) is 0 Å². The zero-order valence-corrected chi connectivity index (χ0v) is 12.7. The molecular formula is C17H19ClFN. The van der Waals surface area contributed by atoms with Crippen LogP contribution in [0.2, 0.25) is 5.02 Å².